The minimum Gasteiger partial charge on any atom is -0.392 e. The van der Waals surface area contributed by atoms with Crippen LogP contribution in [0.15, 0.2) is 30.3 Å². The molecule has 128 valence electrons. The molecule has 1 aromatic heterocycles. The van der Waals surface area contributed by atoms with Gasteiger partial charge < -0.3 is 10.0 Å². The minimum atomic E-state index is -0.337. The number of rotatable bonds is 4. The molecule has 6 nitrogen and oxygen atoms in total. The maximum Gasteiger partial charge on any atom is 0.271 e. The Morgan fingerprint density at radius 1 is 1.29 bits per heavy atom. The van der Waals surface area contributed by atoms with Crippen LogP contribution in [0.1, 0.15) is 23.0 Å². The maximum absolute atomic E-state index is 12.6. The summed E-state index contributed by atoms with van der Waals surface area (Å²) >= 11 is 0. The van der Waals surface area contributed by atoms with Crippen molar-refractivity contribution in [1.82, 2.24) is 20.0 Å². The number of amides is 1. The van der Waals surface area contributed by atoms with Gasteiger partial charge in [0.25, 0.3) is 5.91 Å². The van der Waals surface area contributed by atoms with Gasteiger partial charge in [0.05, 0.1) is 11.8 Å². The highest BCUT2D eigenvalue weighted by Gasteiger charge is 2.24. The molecule has 2 N–H and O–H groups in total. The molecule has 1 amide bonds. The van der Waals surface area contributed by atoms with E-state index in [1.54, 1.807) is 6.92 Å². The van der Waals surface area contributed by atoms with E-state index in [0.717, 1.165) is 29.9 Å². The van der Waals surface area contributed by atoms with Crippen LogP contribution in [0.5, 0.6) is 0 Å². The number of aryl methyl sites for hydroxylation is 1. The summed E-state index contributed by atoms with van der Waals surface area (Å²) in [5.74, 6) is -0.0148. The summed E-state index contributed by atoms with van der Waals surface area (Å²) in [4.78, 5) is 16.7. The third-order valence-electron chi connectivity index (χ3n) is 4.41. The van der Waals surface area contributed by atoms with Gasteiger partial charge in [-0.25, -0.2) is 0 Å². The standard InChI is InChI=1S/C18H24N4O2/c1-13-5-3-4-6-15(13)16-11-17(20-19-16)18(24)22-9-7-21(8-10-22)12-14(2)23/h3-6,11,14,23H,7-10,12H2,1-2H3,(H,19,20)/t14-/m0/s1. The summed E-state index contributed by atoms with van der Waals surface area (Å²) in [5.41, 5.74) is 3.49. The first-order chi connectivity index (χ1) is 11.5. The lowest BCUT2D eigenvalue weighted by Crippen LogP contribution is -2.50. The lowest BCUT2D eigenvalue weighted by atomic mass is 10.1. The number of H-pyrrole nitrogens is 1. The smallest absolute Gasteiger partial charge is 0.271 e. The average molecular weight is 328 g/mol. The first-order valence-corrected chi connectivity index (χ1v) is 8.35. The number of aromatic amines is 1. The number of aliphatic hydroxyl groups is 1. The number of β-amino-alcohol motifs (C(OH)–C–C–N with tert-alkyl or cyclic N) is 1. The fourth-order valence-electron chi connectivity index (χ4n) is 3.11. The second-order valence-electron chi connectivity index (χ2n) is 6.42. The number of benzene rings is 1. The van der Waals surface area contributed by atoms with Gasteiger partial charge in [-0.2, -0.15) is 5.10 Å². The average Bonchev–Trinajstić information content (AvgIpc) is 3.04. The highest BCUT2D eigenvalue weighted by atomic mass is 16.3. The number of aromatic nitrogens is 2. The Morgan fingerprint density at radius 2 is 2.00 bits per heavy atom. The minimum absolute atomic E-state index is 0.0148. The van der Waals surface area contributed by atoms with E-state index in [2.05, 4.69) is 15.1 Å². The van der Waals surface area contributed by atoms with Gasteiger partial charge in [-0.15, -0.1) is 0 Å². The van der Waals surface area contributed by atoms with Crippen LogP contribution in [-0.2, 0) is 0 Å². The summed E-state index contributed by atoms with van der Waals surface area (Å²) in [5, 5.41) is 16.6. The largest absolute Gasteiger partial charge is 0.392 e. The lowest BCUT2D eigenvalue weighted by molar-refractivity contribution is 0.0549. The third-order valence-corrected chi connectivity index (χ3v) is 4.41. The van der Waals surface area contributed by atoms with Crippen molar-refractivity contribution in [2.45, 2.75) is 20.0 Å². The Balaban J connectivity index is 1.66. The Kier molecular flexibility index (Phi) is 4.97. The van der Waals surface area contributed by atoms with Crippen LogP contribution >= 0.6 is 0 Å². The Morgan fingerprint density at radius 3 is 2.67 bits per heavy atom. The summed E-state index contributed by atoms with van der Waals surface area (Å²) in [6.45, 7) is 7.39. The Labute approximate surface area is 142 Å². The van der Waals surface area contributed by atoms with Gasteiger partial charge in [0.15, 0.2) is 0 Å². The van der Waals surface area contributed by atoms with E-state index in [4.69, 9.17) is 0 Å². The summed E-state index contributed by atoms with van der Waals surface area (Å²) in [6.07, 6.45) is -0.337. The number of hydrogen-bond acceptors (Lipinski definition) is 4. The van der Waals surface area contributed by atoms with Gasteiger partial charge in [-0.3, -0.25) is 14.8 Å². The zero-order valence-corrected chi connectivity index (χ0v) is 14.2. The van der Waals surface area contributed by atoms with Crippen LogP contribution in [0.3, 0.4) is 0 Å². The third kappa shape index (κ3) is 3.66. The number of carbonyl (C=O) groups is 1. The van der Waals surface area contributed by atoms with E-state index >= 15 is 0 Å². The number of nitrogens with one attached hydrogen (secondary N) is 1. The molecule has 2 aromatic rings. The predicted molar refractivity (Wildman–Crippen MR) is 92.8 cm³/mol. The van der Waals surface area contributed by atoms with E-state index in [-0.39, 0.29) is 12.0 Å². The van der Waals surface area contributed by atoms with E-state index < -0.39 is 0 Å². The molecule has 2 heterocycles. The molecular weight excluding hydrogens is 304 g/mol. The van der Waals surface area contributed by atoms with Crippen molar-refractivity contribution in [3.05, 3.63) is 41.6 Å². The van der Waals surface area contributed by atoms with Crippen molar-refractivity contribution in [3.8, 4) is 11.3 Å². The molecule has 0 bridgehead atoms. The van der Waals surface area contributed by atoms with E-state index in [0.29, 0.717) is 25.3 Å². The summed E-state index contributed by atoms with van der Waals surface area (Å²) in [6, 6.07) is 9.83. The van der Waals surface area contributed by atoms with Crippen LogP contribution in [0.4, 0.5) is 0 Å². The molecule has 1 aliphatic rings. The summed E-state index contributed by atoms with van der Waals surface area (Å²) in [7, 11) is 0. The molecule has 1 saturated heterocycles. The predicted octanol–water partition coefficient (Wildman–Crippen LogP) is 1.52. The molecule has 1 aromatic carbocycles. The van der Waals surface area contributed by atoms with E-state index in [1.807, 2.05) is 42.2 Å². The highest BCUT2D eigenvalue weighted by molar-refractivity contribution is 5.93. The molecule has 1 aliphatic heterocycles. The number of aliphatic hydroxyl groups excluding tert-OH is 1. The number of carbonyl (C=O) groups excluding carboxylic acids is 1. The fourth-order valence-corrected chi connectivity index (χ4v) is 3.11. The lowest BCUT2D eigenvalue weighted by Gasteiger charge is -2.34. The van der Waals surface area contributed by atoms with Crippen molar-refractivity contribution in [3.63, 3.8) is 0 Å². The molecule has 0 spiro atoms. The molecule has 0 saturated carbocycles. The van der Waals surface area contributed by atoms with Gasteiger partial charge in [-0.05, 0) is 25.5 Å². The zero-order valence-electron chi connectivity index (χ0n) is 14.2. The van der Waals surface area contributed by atoms with E-state index in [9.17, 15) is 9.90 Å². The Hall–Kier alpha value is -2.18. The van der Waals surface area contributed by atoms with Crippen molar-refractivity contribution in [1.29, 1.82) is 0 Å². The molecule has 0 unspecified atom stereocenters. The van der Waals surface area contributed by atoms with Crippen LogP contribution in [0, 0.1) is 6.92 Å². The molecule has 1 fully saturated rings. The zero-order chi connectivity index (χ0) is 17.1. The normalized spacial score (nSPS) is 17.0. The monoisotopic (exact) mass is 328 g/mol. The van der Waals surface area contributed by atoms with Crippen LogP contribution in [-0.4, -0.2) is 69.8 Å². The topological polar surface area (TPSA) is 72.5 Å². The molecule has 0 radical (unpaired) electrons. The quantitative estimate of drug-likeness (QED) is 0.893. The molecule has 24 heavy (non-hydrogen) atoms. The summed E-state index contributed by atoms with van der Waals surface area (Å²) < 4.78 is 0. The van der Waals surface area contributed by atoms with Gasteiger partial charge in [-0.1, -0.05) is 24.3 Å². The molecule has 6 heteroatoms. The van der Waals surface area contributed by atoms with Gasteiger partial charge in [0.1, 0.15) is 5.69 Å². The molecule has 3 rings (SSSR count). The fraction of sp³-hybridized carbons (Fsp3) is 0.444. The van der Waals surface area contributed by atoms with Gasteiger partial charge in [0.2, 0.25) is 0 Å². The number of hydrogen-bond donors (Lipinski definition) is 2. The Bertz CT molecular complexity index is 703. The first-order valence-electron chi connectivity index (χ1n) is 8.35. The second-order valence-corrected chi connectivity index (χ2v) is 6.42. The number of piperazine rings is 1. The molecule has 1 atom stereocenters. The van der Waals surface area contributed by atoms with Crippen molar-refractivity contribution < 1.29 is 9.90 Å². The van der Waals surface area contributed by atoms with Gasteiger partial charge in [0, 0.05) is 38.3 Å². The van der Waals surface area contributed by atoms with Crippen LogP contribution in [0.2, 0.25) is 0 Å². The van der Waals surface area contributed by atoms with Crippen molar-refractivity contribution >= 4 is 5.91 Å². The SMILES string of the molecule is Cc1ccccc1-c1cc(C(=O)N2CCN(C[C@H](C)O)CC2)[nH]n1. The van der Waals surface area contributed by atoms with Crippen molar-refractivity contribution in [2.24, 2.45) is 0 Å². The molecule has 0 aliphatic carbocycles. The van der Waals surface area contributed by atoms with Crippen LogP contribution in [0.25, 0.3) is 11.3 Å². The highest BCUT2D eigenvalue weighted by Crippen LogP contribution is 2.22. The maximum atomic E-state index is 12.6. The first kappa shape index (κ1) is 16.7. The van der Waals surface area contributed by atoms with E-state index in [1.165, 1.54) is 0 Å². The van der Waals surface area contributed by atoms with Gasteiger partial charge >= 0.3 is 0 Å². The number of nitrogens with zero attached hydrogens (tertiary/aromatic N) is 3. The molecular formula is C18H24N4O2. The van der Waals surface area contributed by atoms with Crippen LogP contribution < -0.4 is 0 Å². The van der Waals surface area contributed by atoms with Crippen molar-refractivity contribution in [2.75, 3.05) is 32.7 Å². The second kappa shape index (κ2) is 7.15.